The number of imidazole rings is 2. The third kappa shape index (κ3) is 11.0. The minimum atomic E-state index is -0.552. The molecular formula is C52H64N6O10. The number of nitro groups is 2. The summed E-state index contributed by atoms with van der Waals surface area (Å²) in [6, 6.07) is 25.2. The van der Waals surface area contributed by atoms with Gasteiger partial charge in [0.25, 0.3) is 11.4 Å². The van der Waals surface area contributed by atoms with Crippen molar-refractivity contribution in [3.8, 4) is 22.8 Å². The van der Waals surface area contributed by atoms with E-state index in [1.165, 1.54) is 12.1 Å². The monoisotopic (exact) mass is 932 g/mol. The van der Waals surface area contributed by atoms with Crippen LogP contribution in [0.15, 0.2) is 84.9 Å². The lowest BCUT2D eigenvalue weighted by molar-refractivity contribution is -0.384. The number of aromatic nitrogens is 4. The van der Waals surface area contributed by atoms with Crippen molar-refractivity contribution in [3.05, 3.63) is 116 Å². The van der Waals surface area contributed by atoms with Crippen molar-refractivity contribution in [3.63, 3.8) is 0 Å². The van der Waals surface area contributed by atoms with Crippen molar-refractivity contribution in [2.75, 3.05) is 39.6 Å². The number of nitrogens with zero attached hydrogens (tertiary/aromatic N) is 6. The third-order valence-electron chi connectivity index (χ3n) is 12.9. The average molecular weight is 933 g/mol. The fraction of sp³-hybridized carbons (Fsp3) is 0.500. The molecule has 2 atom stereocenters. The molecule has 68 heavy (non-hydrogen) atoms. The Morgan fingerprint density at radius 3 is 1.29 bits per heavy atom. The first-order chi connectivity index (χ1) is 32.7. The van der Waals surface area contributed by atoms with Crippen molar-refractivity contribution in [1.82, 2.24) is 19.1 Å². The number of fused-ring (bicyclic) bond motifs is 2. The number of para-hydroxylation sites is 4. The van der Waals surface area contributed by atoms with Gasteiger partial charge in [0.2, 0.25) is 0 Å². The molecule has 2 aliphatic rings. The van der Waals surface area contributed by atoms with E-state index in [0.29, 0.717) is 86.5 Å². The van der Waals surface area contributed by atoms with Gasteiger partial charge in [-0.1, -0.05) is 116 Å². The Morgan fingerprint density at radius 2 is 0.926 bits per heavy atom. The van der Waals surface area contributed by atoms with Crippen molar-refractivity contribution >= 4 is 33.4 Å². The molecule has 16 nitrogen and oxygen atoms in total. The van der Waals surface area contributed by atoms with Crippen molar-refractivity contribution < 1.29 is 38.3 Å². The molecule has 8 rings (SSSR count). The first kappa shape index (κ1) is 48.8. The molecule has 362 valence electrons. The largest absolute Gasteiger partial charge is 0.376 e. The maximum Gasteiger partial charge on any atom is 0.280 e. The minimum Gasteiger partial charge on any atom is -0.376 e. The molecule has 2 saturated heterocycles. The molecule has 6 aromatic rings. The third-order valence-corrected chi connectivity index (χ3v) is 12.9. The van der Waals surface area contributed by atoms with Crippen LogP contribution in [0.1, 0.15) is 104 Å². The van der Waals surface area contributed by atoms with E-state index in [4.69, 9.17) is 38.4 Å². The molecule has 0 amide bonds. The summed E-state index contributed by atoms with van der Waals surface area (Å²) in [7, 11) is 0. The second-order valence-corrected chi connectivity index (χ2v) is 19.8. The Kier molecular flexibility index (Phi) is 15.3. The SMILES string of the molecule is CC(C)(C)[C@@H](Cn1c(-c2ccccc2[N+](=O)[O-])nc2c(C3OCCO3)cccc21)OCCCCCCCCO[C@H](Cn1c(-c2ccccc2[N+](=O)[O-])nc2c(C3OCCO3)cccc21)C(C)(C)C. The standard InChI is InChI=1S/C52H64N6O10/c1-51(2,3)43(33-55-41-25-17-21-37(49-65-29-30-66-49)45(41)53-47(55)35-19-11-13-23-39(35)57(59)60)63-27-15-9-7-8-10-16-28-64-44(52(4,5)6)34-56-42-26-18-22-38(50-67-31-32-68-50)46(42)54-48(56)36-20-12-14-24-40(36)58(61)62/h11-14,17-26,43-44,49-50H,7-10,15-16,27-34H2,1-6H3/t43-,44-/m1/s1. The number of rotatable bonds is 21. The smallest absolute Gasteiger partial charge is 0.280 e. The molecule has 2 aliphatic heterocycles. The lowest BCUT2D eigenvalue weighted by Crippen LogP contribution is -2.34. The zero-order valence-corrected chi connectivity index (χ0v) is 40.1. The van der Waals surface area contributed by atoms with Gasteiger partial charge in [0, 0.05) is 36.5 Å². The molecule has 0 saturated carbocycles. The van der Waals surface area contributed by atoms with Crippen LogP contribution in [-0.4, -0.2) is 80.8 Å². The van der Waals surface area contributed by atoms with Crippen LogP contribution in [-0.2, 0) is 41.5 Å². The zero-order chi connectivity index (χ0) is 48.0. The van der Waals surface area contributed by atoms with E-state index >= 15 is 0 Å². The summed E-state index contributed by atoms with van der Waals surface area (Å²) in [6.07, 6.45) is 4.43. The second-order valence-electron chi connectivity index (χ2n) is 19.8. The summed E-state index contributed by atoms with van der Waals surface area (Å²) in [4.78, 5) is 33.8. The normalized spacial score (nSPS) is 16.0. The van der Waals surface area contributed by atoms with Crippen molar-refractivity contribution in [1.29, 1.82) is 0 Å². The molecule has 0 aliphatic carbocycles. The molecule has 2 fully saturated rings. The van der Waals surface area contributed by atoms with E-state index in [1.54, 1.807) is 36.4 Å². The van der Waals surface area contributed by atoms with Crippen LogP contribution in [0, 0.1) is 31.1 Å². The van der Waals surface area contributed by atoms with Gasteiger partial charge in [-0.3, -0.25) is 20.2 Å². The predicted molar refractivity (Wildman–Crippen MR) is 259 cm³/mol. The van der Waals surface area contributed by atoms with Gasteiger partial charge in [0.1, 0.15) is 11.6 Å². The number of hydrogen-bond acceptors (Lipinski definition) is 12. The average Bonchev–Trinajstić information content (AvgIpc) is 4.16. The van der Waals surface area contributed by atoms with Gasteiger partial charge in [-0.25, -0.2) is 9.97 Å². The fourth-order valence-electron chi connectivity index (χ4n) is 9.07. The quantitative estimate of drug-likeness (QED) is 0.0379. The highest BCUT2D eigenvalue weighted by atomic mass is 16.7. The van der Waals surface area contributed by atoms with Crippen LogP contribution < -0.4 is 0 Å². The van der Waals surface area contributed by atoms with E-state index in [-0.39, 0.29) is 44.3 Å². The predicted octanol–water partition coefficient (Wildman–Crippen LogP) is 11.5. The second kappa shape index (κ2) is 21.3. The molecule has 0 N–H and O–H groups in total. The Hall–Kier alpha value is -5.62. The molecule has 0 unspecified atom stereocenters. The summed E-state index contributed by atoms with van der Waals surface area (Å²) in [5, 5.41) is 24.4. The lowest BCUT2D eigenvalue weighted by atomic mass is 9.88. The van der Waals surface area contributed by atoms with Crippen LogP contribution in [0.2, 0.25) is 0 Å². The van der Waals surface area contributed by atoms with Gasteiger partial charge >= 0.3 is 0 Å². The van der Waals surface area contributed by atoms with Crippen molar-refractivity contribution in [2.45, 2.75) is 118 Å². The molecule has 16 heteroatoms. The number of benzene rings is 4. The van der Waals surface area contributed by atoms with E-state index < -0.39 is 12.6 Å². The number of nitro benzene ring substituents is 2. The van der Waals surface area contributed by atoms with E-state index in [0.717, 1.165) is 60.7 Å². The molecule has 0 spiro atoms. The molecular weight excluding hydrogens is 869 g/mol. The molecule has 4 aromatic carbocycles. The van der Waals surface area contributed by atoms with E-state index in [9.17, 15) is 20.2 Å². The number of unbranched alkanes of at least 4 members (excludes halogenated alkanes) is 5. The lowest BCUT2D eigenvalue weighted by Gasteiger charge is -2.32. The van der Waals surface area contributed by atoms with Gasteiger partial charge in [-0.15, -0.1) is 0 Å². The summed E-state index contributed by atoms with van der Waals surface area (Å²) < 4.78 is 41.0. The highest BCUT2D eigenvalue weighted by molar-refractivity contribution is 5.86. The maximum atomic E-state index is 12.2. The van der Waals surface area contributed by atoms with E-state index in [1.807, 2.05) is 36.4 Å². The Balaban J connectivity index is 0.876. The minimum absolute atomic E-state index is 0.0105. The van der Waals surface area contributed by atoms with Crippen LogP contribution in [0.4, 0.5) is 11.4 Å². The summed E-state index contributed by atoms with van der Waals surface area (Å²) >= 11 is 0. The van der Waals surface area contributed by atoms with Crippen LogP contribution in [0.5, 0.6) is 0 Å². The number of hydrogen-bond donors (Lipinski definition) is 0. The van der Waals surface area contributed by atoms with Gasteiger partial charge < -0.3 is 37.6 Å². The number of ether oxygens (including phenoxy) is 6. The molecule has 4 heterocycles. The topological polar surface area (TPSA) is 177 Å². The Morgan fingerprint density at radius 1 is 0.559 bits per heavy atom. The van der Waals surface area contributed by atoms with Gasteiger partial charge in [0.15, 0.2) is 12.6 Å². The molecule has 2 aromatic heterocycles. The first-order valence-electron chi connectivity index (χ1n) is 23.9. The molecule has 0 radical (unpaired) electrons. The highest BCUT2D eigenvalue weighted by Crippen LogP contribution is 2.39. The zero-order valence-electron chi connectivity index (χ0n) is 40.1. The van der Waals surface area contributed by atoms with Crippen LogP contribution in [0.3, 0.4) is 0 Å². The van der Waals surface area contributed by atoms with Crippen molar-refractivity contribution in [2.24, 2.45) is 10.8 Å². The van der Waals surface area contributed by atoms with Gasteiger partial charge in [0.05, 0.1) is 94.8 Å². The summed E-state index contributed by atoms with van der Waals surface area (Å²) in [5.41, 5.74) is 5.02. The summed E-state index contributed by atoms with van der Waals surface area (Å²) in [5.74, 6) is 1.01. The van der Waals surface area contributed by atoms with Gasteiger partial charge in [-0.05, 0) is 47.9 Å². The van der Waals surface area contributed by atoms with Gasteiger partial charge in [-0.2, -0.15) is 0 Å². The Bertz CT molecular complexity index is 2510. The van der Waals surface area contributed by atoms with E-state index in [2.05, 4.69) is 50.7 Å². The van der Waals surface area contributed by atoms with Crippen LogP contribution in [0.25, 0.3) is 44.8 Å². The fourth-order valence-corrected chi connectivity index (χ4v) is 9.07. The maximum absolute atomic E-state index is 12.2. The summed E-state index contributed by atoms with van der Waals surface area (Å²) in [6.45, 7) is 16.9. The molecule has 0 bridgehead atoms. The Labute approximate surface area is 397 Å². The van der Waals surface area contributed by atoms with Crippen LogP contribution >= 0.6 is 0 Å². The first-order valence-corrected chi connectivity index (χ1v) is 23.9. The highest BCUT2D eigenvalue weighted by Gasteiger charge is 2.33.